The number of ether oxygens (including phenoxy) is 1. The summed E-state index contributed by atoms with van der Waals surface area (Å²) in [7, 11) is 0. The van der Waals surface area contributed by atoms with Gasteiger partial charge in [-0.3, -0.25) is 0 Å². The standard InChI is InChI=1S/C14H12Br2FNO/c15-11-4-5-13(17)10(6-11)8-19-14-9(7-18)2-1-3-12(14)16/h1-6H,7-8,18H2. The molecule has 5 heteroatoms. The summed E-state index contributed by atoms with van der Waals surface area (Å²) in [6.45, 7) is 0.524. The van der Waals surface area contributed by atoms with Gasteiger partial charge in [-0.05, 0) is 40.2 Å². The molecule has 0 amide bonds. The van der Waals surface area contributed by atoms with E-state index in [1.54, 1.807) is 12.1 Å². The molecular formula is C14H12Br2FNO. The Balaban J connectivity index is 2.21. The highest BCUT2D eigenvalue weighted by molar-refractivity contribution is 9.10. The first-order chi connectivity index (χ1) is 9.11. The summed E-state index contributed by atoms with van der Waals surface area (Å²) in [5, 5.41) is 0. The molecular weight excluding hydrogens is 377 g/mol. The fraction of sp³-hybridized carbons (Fsp3) is 0.143. The van der Waals surface area contributed by atoms with Crippen molar-refractivity contribution >= 4 is 31.9 Å². The first kappa shape index (κ1) is 14.5. The molecule has 0 unspecified atom stereocenters. The zero-order chi connectivity index (χ0) is 13.8. The number of nitrogens with two attached hydrogens (primary N) is 1. The van der Waals surface area contributed by atoms with Gasteiger partial charge in [0.2, 0.25) is 0 Å². The fourth-order valence-electron chi connectivity index (χ4n) is 1.68. The van der Waals surface area contributed by atoms with E-state index in [1.165, 1.54) is 6.07 Å². The average molecular weight is 389 g/mol. The van der Waals surface area contributed by atoms with Gasteiger partial charge in [0, 0.05) is 22.1 Å². The van der Waals surface area contributed by atoms with Gasteiger partial charge in [-0.15, -0.1) is 0 Å². The first-order valence-corrected chi connectivity index (χ1v) is 7.24. The van der Waals surface area contributed by atoms with Crippen molar-refractivity contribution < 1.29 is 9.13 Å². The van der Waals surface area contributed by atoms with Crippen LogP contribution < -0.4 is 10.5 Å². The van der Waals surface area contributed by atoms with Crippen LogP contribution in [0, 0.1) is 5.82 Å². The zero-order valence-corrected chi connectivity index (χ0v) is 13.2. The second-order valence-electron chi connectivity index (χ2n) is 3.96. The SMILES string of the molecule is NCc1cccc(Br)c1OCc1cc(Br)ccc1F. The molecule has 0 aliphatic carbocycles. The lowest BCUT2D eigenvalue weighted by molar-refractivity contribution is 0.295. The maximum atomic E-state index is 13.6. The topological polar surface area (TPSA) is 35.2 Å². The molecule has 0 heterocycles. The van der Waals surface area contributed by atoms with Crippen LogP contribution in [0.25, 0.3) is 0 Å². The quantitative estimate of drug-likeness (QED) is 0.842. The molecule has 0 aliphatic rings. The van der Waals surface area contributed by atoms with Gasteiger partial charge in [0.25, 0.3) is 0 Å². The van der Waals surface area contributed by atoms with Crippen LogP contribution in [0.15, 0.2) is 45.3 Å². The highest BCUT2D eigenvalue weighted by Gasteiger charge is 2.09. The smallest absolute Gasteiger partial charge is 0.138 e. The van der Waals surface area contributed by atoms with Gasteiger partial charge in [0.1, 0.15) is 18.2 Å². The second kappa shape index (κ2) is 6.50. The summed E-state index contributed by atoms with van der Waals surface area (Å²) >= 11 is 6.72. The van der Waals surface area contributed by atoms with E-state index < -0.39 is 0 Å². The Kier molecular flexibility index (Phi) is 4.96. The zero-order valence-electron chi connectivity index (χ0n) is 10.00. The van der Waals surface area contributed by atoms with E-state index in [9.17, 15) is 4.39 Å². The van der Waals surface area contributed by atoms with E-state index in [1.807, 2.05) is 18.2 Å². The minimum atomic E-state index is -0.287. The minimum Gasteiger partial charge on any atom is -0.487 e. The maximum absolute atomic E-state index is 13.6. The van der Waals surface area contributed by atoms with Crippen molar-refractivity contribution in [1.29, 1.82) is 0 Å². The molecule has 0 saturated carbocycles. The Hall–Kier alpha value is -0.910. The highest BCUT2D eigenvalue weighted by Crippen LogP contribution is 2.30. The molecule has 2 aromatic rings. The van der Waals surface area contributed by atoms with Crippen molar-refractivity contribution in [3.8, 4) is 5.75 Å². The number of hydrogen-bond acceptors (Lipinski definition) is 2. The third-order valence-electron chi connectivity index (χ3n) is 2.65. The van der Waals surface area contributed by atoms with Gasteiger partial charge in [-0.2, -0.15) is 0 Å². The van der Waals surface area contributed by atoms with Crippen molar-refractivity contribution in [2.75, 3.05) is 0 Å². The van der Waals surface area contributed by atoms with Gasteiger partial charge in [-0.25, -0.2) is 4.39 Å². The van der Waals surface area contributed by atoms with Gasteiger partial charge >= 0.3 is 0 Å². The van der Waals surface area contributed by atoms with E-state index in [0.717, 1.165) is 14.5 Å². The van der Waals surface area contributed by atoms with Crippen molar-refractivity contribution in [1.82, 2.24) is 0 Å². The number of rotatable bonds is 4. The van der Waals surface area contributed by atoms with Crippen LogP contribution in [0.2, 0.25) is 0 Å². The average Bonchev–Trinajstić information content (AvgIpc) is 2.40. The minimum absolute atomic E-state index is 0.154. The predicted molar refractivity (Wildman–Crippen MR) is 80.5 cm³/mol. The summed E-state index contributed by atoms with van der Waals surface area (Å²) in [6.07, 6.45) is 0. The van der Waals surface area contributed by atoms with Crippen molar-refractivity contribution in [2.45, 2.75) is 13.2 Å². The van der Waals surface area contributed by atoms with Crippen molar-refractivity contribution in [3.05, 3.63) is 62.3 Å². The van der Waals surface area contributed by atoms with E-state index in [0.29, 0.717) is 17.9 Å². The van der Waals surface area contributed by atoms with Crippen LogP contribution >= 0.6 is 31.9 Å². The van der Waals surface area contributed by atoms with Crippen LogP contribution in [-0.4, -0.2) is 0 Å². The Labute approximate surface area is 128 Å². The van der Waals surface area contributed by atoms with E-state index >= 15 is 0 Å². The van der Waals surface area contributed by atoms with Crippen molar-refractivity contribution in [3.63, 3.8) is 0 Å². The lowest BCUT2D eigenvalue weighted by Gasteiger charge is -2.13. The van der Waals surface area contributed by atoms with E-state index in [4.69, 9.17) is 10.5 Å². The largest absolute Gasteiger partial charge is 0.487 e. The summed E-state index contributed by atoms with van der Waals surface area (Å²) in [5.41, 5.74) is 7.03. The Bertz CT molecular complexity index is 590. The van der Waals surface area contributed by atoms with E-state index in [-0.39, 0.29) is 12.4 Å². The Morgan fingerprint density at radius 2 is 1.89 bits per heavy atom. The van der Waals surface area contributed by atoms with Crippen LogP contribution in [0.5, 0.6) is 5.75 Å². The molecule has 0 saturated heterocycles. The second-order valence-corrected chi connectivity index (χ2v) is 5.73. The molecule has 0 spiro atoms. The summed E-state index contributed by atoms with van der Waals surface area (Å²) in [6, 6.07) is 10.4. The van der Waals surface area contributed by atoms with Crippen LogP contribution in [-0.2, 0) is 13.2 Å². The third kappa shape index (κ3) is 3.55. The molecule has 2 N–H and O–H groups in total. The first-order valence-electron chi connectivity index (χ1n) is 5.66. The molecule has 2 nitrogen and oxygen atoms in total. The molecule has 0 aliphatic heterocycles. The van der Waals surface area contributed by atoms with Gasteiger partial charge in [0.05, 0.1) is 4.47 Å². The van der Waals surface area contributed by atoms with Gasteiger partial charge < -0.3 is 10.5 Å². The Morgan fingerprint density at radius 1 is 1.11 bits per heavy atom. The summed E-state index contributed by atoms with van der Waals surface area (Å²) in [4.78, 5) is 0. The molecule has 2 rings (SSSR count). The third-order valence-corrected chi connectivity index (χ3v) is 3.77. The molecule has 0 radical (unpaired) electrons. The summed E-state index contributed by atoms with van der Waals surface area (Å²) in [5.74, 6) is 0.369. The molecule has 0 bridgehead atoms. The van der Waals surface area contributed by atoms with Crippen molar-refractivity contribution in [2.24, 2.45) is 5.73 Å². The molecule has 0 fully saturated rings. The maximum Gasteiger partial charge on any atom is 0.138 e. The Morgan fingerprint density at radius 3 is 2.63 bits per heavy atom. The lowest BCUT2D eigenvalue weighted by atomic mass is 10.2. The molecule has 0 atom stereocenters. The van der Waals surface area contributed by atoms with Crippen LogP contribution in [0.4, 0.5) is 4.39 Å². The molecule has 100 valence electrons. The molecule has 0 aromatic heterocycles. The normalized spacial score (nSPS) is 10.5. The monoisotopic (exact) mass is 387 g/mol. The number of benzene rings is 2. The van der Waals surface area contributed by atoms with E-state index in [2.05, 4.69) is 31.9 Å². The predicted octanol–water partition coefficient (Wildman–Crippen LogP) is 4.39. The number of para-hydroxylation sites is 1. The number of halogens is 3. The highest BCUT2D eigenvalue weighted by atomic mass is 79.9. The molecule has 2 aromatic carbocycles. The lowest BCUT2D eigenvalue weighted by Crippen LogP contribution is -2.04. The fourth-order valence-corrected chi connectivity index (χ4v) is 2.61. The molecule has 19 heavy (non-hydrogen) atoms. The van der Waals surface area contributed by atoms with Crippen LogP contribution in [0.3, 0.4) is 0 Å². The number of hydrogen-bond donors (Lipinski definition) is 1. The van der Waals surface area contributed by atoms with Gasteiger partial charge in [0.15, 0.2) is 0 Å². The van der Waals surface area contributed by atoms with Gasteiger partial charge in [-0.1, -0.05) is 28.1 Å². The van der Waals surface area contributed by atoms with Crippen LogP contribution in [0.1, 0.15) is 11.1 Å². The summed E-state index contributed by atoms with van der Waals surface area (Å²) < 4.78 is 20.9.